The molecule has 4 rings (SSSR count). The number of aromatic nitrogens is 2. The number of carboxylic acid groups (broad SMARTS) is 1. The normalized spacial score (nSPS) is 16.3. The summed E-state index contributed by atoms with van der Waals surface area (Å²) in [6.07, 6.45) is 5.83. The van der Waals surface area contributed by atoms with E-state index in [-0.39, 0.29) is 11.0 Å². The SMILES string of the molecule is CC1(COc2ccnc3[nH]cc(-c4ccc(C(=O)O)cc4)c23)CCNCC1. The lowest BCUT2D eigenvalue weighted by molar-refractivity contribution is 0.0697. The Kier molecular flexibility index (Phi) is 4.58. The first-order valence-corrected chi connectivity index (χ1v) is 9.19. The Labute approximate surface area is 157 Å². The number of carboxylic acids is 1. The van der Waals surface area contributed by atoms with Gasteiger partial charge in [0, 0.05) is 23.4 Å². The van der Waals surface area contributed by atoms with E-state index in [0.29, 0.717) is 6.61 Å². The van der Waals surface area contributed by atoms with E-state index in [1.807, 2.05) is 24.4 Å². The van der Waals surface area contributed by atoms with E-state index in [1.165, 1.54) is 0 Å². The van der Waals surface area contributed by atoms with Crippen LogP contribution >= 0.6 is 0 Å². The molecule has 6 nitrogen and oxygen atoms in total. The Balaban J connectivity index is 1.66. The topological polar surface area (TPSA) is 87.2 Å². The highest BCUT2D eigenvalue weighted by Crippen LogP contribution is 2.36. The summed E-state index contributed by atoms with van der Waals surface area (Å²) in [4.78, 5) is 18.7. The van der Waals surface area contributed by atoms with Crippen LogP contribution in [-0.4, -0.2) is 40.7 Å². The smallest absolute Gasteiger partial charge is 0.335 e. The van der Waals surface area contributed by atoms with Crippen LogP contribution in [0, 0.1) is 5.41 Å². The maximum atomic E-state index is 11.1. The van der Waals surface area contributed by atoms with Gasteiger partial charge in [-0.2, -0.15) is 0 Å². The fourth-order valence-electron chi connectivity index (χ4n) is 3.59. The number of hydrogen-bond donors (Lipinski definition) is 3. The number of hydrogen-bond acceptors (Lipinski definition) is 4. The van der Waals surface area contributed by atoms with E-state index in [2.05, 4.69) is 22.2 Å². The molecule has 1 saturated heterocycles. The largest absolute Gasteiger partial charge is 0.492 e. The van der Waals surface area contributed by atoms with Gasteiger partial charge in [-0.3, -0.25) is 0 Å². The summed E-state index contributed by atoms with van der Waals surface area (Å²) >= 11 is 0. The van der Waals surface area contributed by atoms with Crippen LogP contribution in [0.4, 0.5) is 0 Å². The van der Waals surface area contributed by atoms with Crippen LogP contribution in [0.15, 0.2) is 42.7 Å². The summed E-state index contributed by atoms with van der Waals surface area (Å²) in [5, 5.41) is 13.4. The zero-order chi connectivity index (χ0) is 18.9. The van der Waals surface area contributed by atoms with Crippen molar-refractivity contribution in [2.75, 3.05) is 19.7 Å². The van der Waals surface area contributed by atoms with Crippen molar-refractivity contribution in [2.45, 2.75) is 19.8 Å². The molecule has 0 unspecified atom stereocenters. The summed E-state index contributed by atoms with van der Waals surface area (Å²) in [6, 6.07) is 8.76. The van der Waals surface area contributed by atoms with Crippen LogP contribution in [0.2, 0.25) is 0 Å². The average Bonchev–Trinajstić information content (AvgIpc) is 3.12. The summed E-state index contributed by atoms with van der Waals surface area (Å²) in [7, 11) is 0. The van der Waals surface area contributed by atoms with E-state index in [4.69, 9.17) is 9.84 Å². The summed E-state index contributed by atoms with van der Waals surface area (Å²) in [5.41, 5.74) is 3.09. The zero-order valence-electron chi connectivity index (χ0n) is 15.3. The molecule has 140 valence electrons. The highest BCUT2D eigenvalue weighted by molar-refractivity contribution is 5.98. The minimum absolute atomic E-state index is 0.167. The number of H-pyrrole nitrogens is 1. The highest BCUT2D eigenvalue weighted by atomic mass is 16.5. The third-order valence-electron chi connectivity index (χ3n) is 5.36. The van der Waals surface area contributed by atoms with Gasteiger partial charge in [0.05, 0.1) is 17.6 Å². The second-order valence-corrected chi connectivity index (χ2v) is 7.47. The number of nitrogens with one attached hydrogen (secondary N) is 2. The fourth-order valence-corrected chi connectivity index (χ4v) is 3.59. The number of ether oxygens (including phenoxy) is 1. The van der Waals surface area contributed by atoms with E-state index in [1.54, 1.807) is 18.3 Å². The molecule has 0 aliphatic carbocycles. The van der Waals surface area contributed by atoms with Crippen molar-refractivity contribution < 1.29 is 14.6 Å². The average molecular weight is 365 g/mol. The lowest BCUT2D eigenvalue weighted by Gasteiger charge is -2.33. The van der Waals surface area contributed by atoms with Gasteiger partial charge < -0.3 is 20.1 Å². The van der Waals surface area contributed by atoms with Crippen LogP contribution in [0.3, 0.4) is 0 Å². The first-order chi connectivity index (χ1) is 13.1. The van der Waals surface area contributed by atoms with E-state index >= 15 is 0 Å². The second kappa shape index (κ2) is 7.04. The minimum Gasteiger partial charge on any atom is -0.492 e. The molecule has 0 amide bonds. The predicted molar refractivity (Wildman–Crippen MR) is 104 cm³/mol. The molecule has 1 aliphatic heterocycles. The number of piperidine rings is 1. The van der Waals surface area contributed by atoms with Crippen LogP contribution in [-0.2, 0) is 0 Å². The predicted octanol–water partition coefficient (Wildman–Crippen LogP) is 3.70. The maximum Gasteiger partial charge on any atom is 0.335 e. The quantitative estimate of drug-likeness (QED) is 0.642. The van der Waals surface area contributed by atoms with E-state index in [0.717, 1.165) is 53.8 Å². The van der Waals surface area contributed by atoms with Gasteiger partial charge in [-0.25, -0.2) is 9.78 Å². The van der Waals surface area contributed by atoms with Crippen molar-refractivity contribution in [3.05, 3.63) is 48.3 Å². The van der Waals surface area contributed by atoms with Gasteiger partial charge in [0.25, 0.3) is 0 Å². The van der Waals surface area contributed by atoms with Crippen LogP contribution in [0.5, 0.6) is 5.75 Å². The third kappa shape index (κ3) is 3.53. The molecule has 0 atom stereocenters. The van der Waals surface area contributed by atoms with Crippen molar-refractivity contribution in [3.8, 4) is 16.9 Å². The second-order valence-electron chi connectivity index (χ2n) is 7.47. The first kappa shape index (κ1) is 17.5. The molecule has 0 saturated carbocycles. The van der Waals surface area contributed by atoms with Gasteiger partial charge in [0.15, 0.2) is 0 Å². The molecular weight excluding hydrogens is 342 g/mol. The number of carbonyl (C=O) groups is 1. The molecule has 3 heterocycles. The maximum absolute atomic E-state index is 11.1. The summed E-state index contributed by atoms with van der Waals surface area (Å²) in [5.74, 6) is -0.125. The number of aromatic amines is 1. The molecule has 3 aromatic rings. The molecule has 0 spiro atoms. The fraction of sp³-hybridized carbons (Fsp3) is 0.333. The number of rotatable bonds is 5. The number of fused-ring (bicyclic) bond motifs is 1. The lowest BCUT2D eigenvalue weighted by atomic mass is 9.82. The Morgan fingerprint density at radius 1 is 1.22 bits per heavy atom. The van der Waals surface area contributed by atoms with Crippen LogP contribution in [0.25, 0.3) is 22.2 Å². The Morgan fingerprint density at radius 3 is 2.67 bits per heavy atom. The molecule has 2 aromatic heterocycles. The monoisotopic (exact) mass is 365 g/mol. The Morgan fingerprint density at radius 2 is 1.96 bits per heavy atom. The van der Waals surface area contributed by atoms with E-state index in [9.17, 15) is 4.79 Å². The van der Waals surface area contributed by atoms with Crippen LogP contribution < -0.4 is 10.1 Å². The highest BCUT2D eigenvalue weighted by Gasteiger charge is 2.28. The number of pyridine rings is 1. The van der Waals surface area contributed by atoms with Crippen molar-refractivity contribution in [3.63, 3.8) is 0 Å². The van der Waals surface area contributed by atoms with Gasteiger partial charge in [-0.05, 0) is 49.7 Å². The molecule has 0 radical (unpaired) electrons. The molecular formula is C21H23N3O3. The molecule has 3 N–H and O–H groups in total. The van der Waals surface area contributed by atoms with Gasteiger partial charge in [0.2, 0.25) is 0 Å². The third-order valence-corrected chi connectivity index (χ3v) is 5.36. The van der Waals surface area contributed by atoms with Crippen molar-refractivity contribution in [2.24, 2.45) is 5.41 Å². The van der Waals surface area contributed by atoms with Gasteiger partial charge in [-0.1, -0.05) is 19.1 Å². The number of aromatic carboxylic acids is 1. The summed E-state index contributed by atoms with van der Waals surface area (Å²) in [6.45, 7) is 4.99. The van der Waals surface area contributed by atoms with Crippen LogP contribution in [0.1, 0.15) is 30.1 Å². The van der Waals surface area contributed by atoms with Gasteiger partial charge in [-0.15, -0.1) is 0 Å². The lowest BCUT2D eigenvalue weighted by Crippen LogP contribution is -2.38. The van der Waals surface area contributed by atoms with Crippen molar-refractivity contribution in [1.29, 1.82) is 0 Å². The molecule has 1 aromatic carbocycles. The minimum atomic E-state index is -0.929. The van der Waals surface area contributed by atoms with Gasteiger partial charge >= 0.3 is 5.97 Å². The molecule has 1 fully saturated rings. The summed E-state index contributed by atoms with van der Waals surface area (Å²) < 4.78 is 6.26. The van der Waals surface area contributed by atoms with Crippen molar-refractivity contribution in [1.82, 2.24) is 15.3 Å². The number of nitrogens with zero attached hydrogens (tertiary/aromatic N) is 1. The van der Waals surface area contributed by atoms with Gasteiger partial charge in [0.1, 0.15) is 11.4 Å². The zero-order valence-corrected chi connectivity index (χ0v) is 15.3. The standard InChI is InChI=1S/C21H23N3O3/c1-21(7-10-22-11-8-21)13-27-17-6-9-23-19-18(17)16(12-24-19)14-2-4-15(5-3-14)20(25)26/h2-6,9,12,22H,7-8,10-11,13H2,1H3,(H,23,24)(H,25,26). The molecule has 27 heavy (non-hydrogen) atoms. The molecule has 0 bridgehead atoms. The molecule has 6 heteroatoms. The van der Waals surface area contributed by atoms with E-state index < -0.39 is 5.97 Å². The Hall–Kier alpha value is -2.86. The molecule has 1 aliphatic rings. The number of benzene rings is 1. The first-order valence-electron chi connectivity index (χ1n) is 9.19. The van der Waals surface area contributed by atoms with Crippen molar-refractivity contribution >= 4 is 17.0 Å². The Bertz CT molecular complexity index is 956.